The van der Waals surface area contributed by atoms with Crippen LogP contribution >= 0.6 is 11.3 Å². The van der Waals surface area contributed by atoms with E-state index in [0.717, 1.165) is 17.4 Å². The van der Waals surface area contributed by atoms with Crippen LogP contribution in [0.2, 0.25) is 0 Å². The Labute approximate surface area is 105 Å². The molecule has 92 valence electrons. The van der Waals surface area contributed by atoms with Crippen LogP contribution in [-0.2, 0) is 0 Å². The number of benzene rings is 1. The molecule has 0 fully saturated rings. The maximum Gasteiger partial charge on any atom is 0.270 e. The Morgan fingerprint density at radius 1 is 1.50 bits per heavy atom. The number of nitrogens with one attached hydrogen (secondary N) is 1. The summed E-state index contributed by atoms with van der Waals surface area (Å²) in [6.45, 7) is 0. The lowest BCUT2D eigenvalue weighted by Gasteiger charge is -2.04. The second-order valence-corrected chi connectivity index (χ2v) is 4.06. The largest absolute Gasteiger partial charge is 0.398 e. The van der Waals surface area contributed by atoms with Gasteiger partial charge in [-0.2, -0.15) is 0 Å². The van der Waals surface area contributed by atoms with Crippen LogP contribution in [0.4, 0.5) is 16.5 Å². The lowest BCUT2D eigenvalue weighted by molar-refractivity contribution is -0.384. The summed E-state index contributed by atoms with van der Waals surface area (Å²) in [5, 5.41) is 20.5. The first-order chi connectivity index (χ1) is 8.58. The van der Waals surface area contributed by atoms with Crippen LogP contribution in [0.1, 0.15) is 10.4 Å². The van der Waals surface area contributed by atoms with Crippen LogP contribution in [0.25, 0.3) is 0 Å². The van der Waals surface area contributed by atoms with Gasteiger partial charge in [0, 0.05) is 17.8 Å². The standard InChI is InChI=1S/C9H7N5O3S/c10-7-2-1-5(14(16)17)3-6(7)8(15)12-9-13-11-4-18-9/h1-4H,10H2,(H,12,13,15). The number of nitrogen functional groups attached to an aromatic ring is 1. The molecule has 0 saturated heterocycles. The third kappa shape index (κ3) is 2.40. The Balaban J connectivity index is 2.29. The topological polar surface area (TPSA) is 124 Å². The average molecular weight is 265 g/mol. The highest BCUT2D eigenvalue weighted by Crippen LogP contribution is 2.21. The lowest BCUT2D eigenvalue weighted by Crippen LogP contribution is -2.14. The molecule has 2 rings (SSSR count). The van der Waals surface area contributed by atoms with Crippen molar-refractivity contribution in [3.8, 4) is 0 Å². The quantitative estimate of drug-likeness (QED) is 0.489. The number of aromatic nitrogens is 2. The zero-order chi connectivity index (χ0) is 13.1. The van der Waals surface area contributed by atoms with E-state index in [4.69, 9.17) is 5.73 Å². The van der Waals surface area contributed by atoms with Crippen LogP contribution < -0.4 is 11.1 Å². The van der Waals surface area contributed by atoms with Gasteiger partial charge >= 0.3 is 0 Å². The first kappa shape index (κ1) is 11.9. The second-order valence-electron chi connectivity index (χ2n) is 3.23. The Morgan fingerprint density at radius 2 is 2.28 bits per heavy atom. The molecular weight excluding hydrogens is 258 g/mol. The molecule has 0 aliphatic heterocycles. The van der Waals surface area contributed by atoms with Gasteiger partial charge in [0.05, 0.1) is 10.5 Å². The number of hydrogen-bond donors (Lipinski definition) is 2. The molecule has 0 saturated carbocycles. The Morgan fingerprint density at radius 3 is 2.89 bits per heavy atom. The molecule has 8 nitrogen and oxygen atoms in total. The summed E-state index contributed by atoms with van der Waals surface area (Å²) >= 11 is 1.13. The molecule has 0 spiro atoms. The van der Waals surface area contributed by atoms with Crippen molar-refractivity contribution in [1.82, 2.24) is 10.2 Å². The monoisotopic (exact) mass is 265 g/mol. The number of non-ortho nitro benzene ring substituents is 1. The second kappa shape index (κ2) is 4.75. The molecule has 0 unspecified atom stereocenters. The summed E-state index contributed by atoms with van der Waals surface area (Å²) in [5.41, 5.74) is 7.03. The van der Waals surface area contributed by atoms with Crippen molar-refractivity contribution >= 4 is 33.8 Å². The SMILES string of the molecule is Nc1ccc([N+](=O)[O-])cc1C(=O)Nc1nncs1. The number of nitrogens with two attached hydrogens (primary N) is 1. The van der Waals surface area contributed by atoms with Gasteiger partial charge in [-0.3, -0.25) is 20.2 Å². The van der Waals surface area contributed by atoms with E-state index in [1.165, 1.54) is 17.6 Å². The minimum Gasteiger partial charge on any atom is -0.398 e. The molecular formula is C9H7N5O3S. The molecule has 18 heavy (non-hydrogen) atoms. The molecule has 1 aromatic carbocycles. The minimum atomic E-state index is -0.596. The number of amides is 1. The normalized spacial score (nSPS) is 10.0. The van der Waals surface area contributed by atoms with Gasteiger partial charge in [-0.05, 0) is 6.07 Å². The summed E-state index contributed by atoms with van der Waals surface area (Å²) in [6.07, 6.45) is 0. The lowest BCUT2D eigenvalue weighted by atomic mass is 10.1. The van der Waals surface area contributed by atoms with E-state index in [9.17, 15) is 14.9 Å². The fourth-order valence-electron chi connectivity index (χ4n) is 1.25. The molecule has 0 atom stereocenters. The van der Waals surface area contributed by atoms with E-state index in [1.807, 2.05) is 0 Å². The first-order valence-electron chi connectivity index (χ1n) is 4.69. The van der Waals surface area contributed by atoms with Crippen molar-refractivity contribution in [2.24, 2.45) is 0 Å². The van der Waals surface area contributed by atoms with Crippen LogP contribution in [0.3, 0.4) is 0 Å². The van der Waals surface area contributed by atoms with Gasteiger partial charge in [0.25, 0.3) is 11.6 Å². The van der Waals surface area contributed by atoms with Gasteiger partial charge in [0.2, 0.25) is 5.13 Å². The van der Waals surface area contributed by atoms with Crippen LogP contribution in [-0.4, -0.2) is 21.0 Å². The average Bonchev–Trinajstić information content (AvgIpc) is 2.81. The number of anilines is 2. The number of nitro groups is 1. The maximum absolute atomic E-state index is 11.8. The molecule has 3 N–H and O–H groups in total. The molecule has 1 amide bonds. The zero-order valence-corrected chi connectivity index (χ0v) is 9.68. The Hall–Kier alpha value is -2.55. The minimum absolute atomic E-state index is 0.0272. The molecule has 0 aliphatic carbocycles. The third-order valence-electron chi connectivity index (χ3n) is 2.07. The molecule has 0 aliphatic rings. The summed E-state index contributed by atoms with van der Waals surface area (Å²) in [6, 6.07) is 3.66. The summed E-state index contributed by atoms with van der Waals surface area (Å²) < 4.78 is 0. The van der Waals surface area contributed by atoms with Crippen molar-refractivity contribution in [1.29, 1.82) is 0 Å². The van der Waals surface area contributed by atoms with Gasteiger partial charge in [-0.1, -0.05) is 11.3 Å². The van der Waals surface area contributed by atoms with Crippen LogP contribution in [0.5, 0.6) is 0 Å². The Kier molecular flexibility index (Phi) is 3.15. The molecule has 2 aromatic rings. The fourth-order valence-corrected chi connectivity index (χ4v) is 1.69. The number of nitrogens with zero attached hydrogens (tertiary/aromatic N) is 3. The van der Waals surface area contributed by atoms with E-state index in [0.29, 0.717) is 5.13 Å². The van der Waals surface area contributed by atoms with Crippen molar-refractivity contribution in [2.75, 3.05) is 11.1 Å². The van der Waals surface area contributed by atoms with Crippen LogP contribution in [0, 0.1) is 10.1 Å². The summed E-state index contributed by atoms with van der Waals surface area (Å²) in [7, 11) is 0. The number of carbonyl (C=O) groups excluding carboxylic acids is 1. The predicted molar refractivity (Wildman–Crippen MR) is 65.4 cm³/mol. The van der Waals surface area contributed by atoms with Gasteiger partial charge in [-0.15, -0.1) is 10.2 Å². The first-order valence-corrected chi connectivity index (χ1v) is 5.57. The summed E-state index contributed by atoms with van der Waals surface area (Å²) in [4.78, 5) is 21.9. The number of hydrogen-bond acceptors (Lipinski definition) is 7. The zero-order valence-electron chi connectivity index (χ0n) is 8.86. The van der Waals surface area contributed by atoms with Crippen molar-refractivity contribution in [3.63, 3.8) is 0 Å². The molecule has 1 aromatic heterocycles. The summed E-state index contributed by atoms with van der Waals surface area (Å²) in [5.74, 6) is -0.562. The molecule has 0 radical (unpaired) electrons. The van der Waals surface area contributed by atoms with Gasteiger partial charge < -0.3 is 5.73 Å². The highest BCUT2D eigenvalue weighted by atomic mass is 32.1. The molecule has 1 heterocycles. The van der Waals surface area contributed by atoms with Gasteiger partial charge in [-0.25, -0.2) is 0 Å². The van der Waals surface area contributed by atoms with E-state index in [-0.39, 0.29) is 16.9 Å². The van der Waals surface area contributed by atoms with E-state index in [2.05, 4.69) is 15.5 Å². The maximum atomic E-state index is 11.8. The molecule has 0 bridgehead atoms. The predicted octanol–water partition coefficient (Wildman–Crippen LogP) is 1.28. The number of rotatable bonds is 3. The Bertz CT molecular complexity index is 598. The van der Waals surface area contributed by atoms with Crippen molar-refractivity contribution in [2.45, 2.75) is 0 Å². The third-order valence-corrected chi connectivity index (χ3v) is 2.68. The van der Waals surface area contributed by atoms with Gasteiger partial charge in [0.1, 0.15) is 5.51 Å². The fraction of sp³-hybridized carbons (Fsp3) is 0. The van der Waals surface area contributed by atoms with Crippen molar-refractivity contribution < 1.29 is 9.72 Å². The van der Waals surface area contributed by atoms with E-state index >= 15 is 0 Å². The number of carbonyl (C=O) groups is 1. The molecule has 9 heteroatoms. The number of nitro benzene ring substituents is 1. The highest BCUT2D eigenvalue weighted by molar-refractivity contribution is 7.13. The van der Waals surface area contributed by atoms with Crippen LogP contribution in [0.15, 0.2) is 23.7 Å². The smallest absolute Gasteiger partial charge is 0.270 e. The highest BCUT2D eigenvalue weighted by Gasteiger charge is 2.16. The van der Waals surface area contributed by atoms with Crippen molar-refractivity contribution in [3.05, 3.63) is 39.4 Å². The van der Waals surface area contributed by atoms with E-state index in [1.54, 1.807) is 0 Å². The van der Waals surface area contributed by atoms with E-state index < -0.39 is 10.8 Å². The van der Waals surface area contributed by atoms with Gasteiger partial charge in [0.15, 0.2) is 0 Å².